The summed E-state index contributed by atoms with van der Waals surface area (Å²) < 4.78 is 0. The Hall–Kier alpha value is -3.49. The van der Waals surface area contributed by atoms with Gasteiger partial charge in [0.2, 0.25) is 0 Å². The average Bonchev–Trinajstić information content (AvgIpc) is 2.73. The van der Waals surface area contributed by atoms with E-state index in [-0.39, 0.29) is 5.71 Å². The van der Waals surface area contributed by atoms with Crippen LogP contribution in [0.1, 0.15) is 22.3 Å². The van der Waals surface area contributed by atoms with Crippen molar-refractivity contribution in [2.45, 2.75) is 19.1 Å². The van der Waals surface area contributed by atoms with Gasteiger partial charge in [0.25, 0.3) is 0 Å². The maximum Gasteiger partial charge on any atom is 0.183 e. The van der Waals surface area contributed by atoms with Crippen LogP contribution in [0.3, 0.4) is 0 Å². The first-order valence-corrected chi connectivity index (χ1v) is 8.38. The maximum absolute atomic E-state index is 9.48. The van der Waals surface area contributed by atoms with Crippen molar-refractivity contribution in [3.8, 4) is 12.1 Å². The third-order valence-corrected chi connectivity index (χ3v) is 4.41. The Kier molecular flexibility index (Phi) is 5.30. The van der Waals surface area contributed by atoms with Gasteiger partial charge in [0.05, 0.1) is 17.5 Å². The van der Waals surface area contributed by atoms with Gasteiger partial charge < -0.3 is 11.5 Å². The van der Waals surface area contributed by atoms with Crippen LogP contribution in [0.4, 0.5) is 0 Å². The van der Waals surface area contributed by atoms with Crippen LogP contribution in [-0.4, -0.2) is 16.8 Å². The molecule has 27 heavy (non-hydrogen) atoms. The highest BCUT2D eigenvalue weighted by atomic mass is 15.4. The summed E-state index contributed by atoms with van der Waals surface area (Å²) in [5.41, 5.74) is 16.0. The number of aliphatic imine (C=N–C) groups is 1. The smallest absolute Gasteiger partial charge is 0.183 e. The molecule has 0 aliphatic carbocycles. The first-order valence-electron chi connectivity index (χ1n) is 8.38. The van der Waals surface area contributed by atoms with Crippen molar-refractivity contribution >= 4 is 17.1 Å². The summed E-state index contributed by atoms with van der Waals surface area (Å²) in [6.07, 6.45) is 0. The summed E-state index contributed by atoms with van der Waals surface area (Å²) in [6.45, 7) is 0.857. The topological polar surface area (TPSA) is 141 Å². The standard InChI is InChI=1S/C20H19N7/c21-9-13-1-5-15(6-2-13)19-20(16-7-3-14(10-22)4-8-16)27(25)18(12-24)17(11-23)26-19/h1-8,18H,9-10,21-22,25H2. The summed E-state index contributed by atoms with van der Waals surface area (Å²) in [6, 6.07) is 18.2. The molecule has 6 N–H and O–H groups in total. The molecule has 7 nitrogen and oxygen atoms in total. The van der Waals surface area contributed by atoms with Crippen LogP contribution >= 0.6 is 0 Å². The lowest BCUT2D eigenvalue weighted by Gasteiger charge is -2.31. The number of nitrogens with two attached hydrogens (primary N) is 3. The minimum Gasteiger partial charge on any atom is -0.326 e. The van der Waals surface area contributed by atoms with Gasteiger partial charge in [-0.3, -0.25) is 5.01 Å². The van der Waals surface area contributed by atoms with Gasteiger partial charge in [-0.2, -0.15) is 10.5 Å². The van der Waals surface area contributed by atoms with E-state index >= 15 is 0 Å². The Bertz CT molecular complexity index is 973. The fourth-order valence-electron chi connectivity index (χ4n) is 2.91. The lowest BCUT2D eigenvalue weighted by Crippen LogP contribution is -2.45. The molecule has 0 saturated heterocycles. The molecular formula is C20H19N7. The van der Waals surface area contributed by atoms with E-state index in [2.05, 4.69) is 4.99 Å². The molecule has 0 radical (unpaired) electrons. The molecule has 1 heterocycles. The average molecular weight is 357 g/mol. The van der Waals surface area contributed by atoms with Crippen LogP contribution in [0.5, 0.6) is 0 Å². The monoisotopic (exact) mass is 357 g/mol. The van der Waals surface area contributed by atoms with Crippen LogP contribution in [0.15, 0.2) is 53.5 Å². The van der Waals surface area contributed by atoms with Crippen LogP contribution in [0.25, 0.3) is 11.4 Å². The molecule has 7 heteroatoms. The van der Waals surface area contributed by atoms with Crippen LogP contribution in [0, 0.1) is 22.7 Å². The molecule has 0 spiro atoms. The van der Waals surface area contributed by atoms with Gasteiger partial charge in [0.1, 0.15) is 6.07 Å². The molecular weight excluding hydrogens is 338 g/mol. The molecule has 134 valence electrons. The van der Waals surface area contributed by atoms with E-state index in [0.717, 1.165) is 22.3 Å². The lowest BCUT2D eigenvalue weighted by atomic mass is 9.98. The molecule has 0 amide bonds. The summed E-state index contributed by atoms with van der Waals surface area (Å²) in [4.78, 5) is 4.46. The van der Waals surface area contributed by atoms with Crippen molar-refractivity contribution < 1.29 is 0 Å². The zero-order valence-electron chi connectivity index (χ0n) is 14.6. The highest BCUT2D eigenvalue weighted by molar-refractivity contribution is 6.12. The normalized spacial score (nSPS) is 16.6. The quantitative estimate of drug-likeness (QED) is 0.708. The number of rotatable bonds is 4. The molecule has 1 aliphatic rings. The minimum absolute atomic E-state index is 0.0558. The van der Waals surface area contributed by atoms with Gasteiger partial charge in [-0.25, -0.2) is 10.8 Å². The summed E-state index contributed by atoms with van der Waals surface area (Å²) in [7, 11) is 0. The highest BCUT2D eigenvalue weighted by Crippen LogP contribution is 2.34. The largest absolute Gasteiger partial charge is 0.326 e. The highest BCUT2D eigenvalue weighted by Gasteiger charge is 2.31. The molecule has 2 aromatic rings. The van der Waals surface area contributed by atoms with Gasteiger partial charge in [-0.05, 0) is 11.1 Å². The van der Waals surface area contributed by atoms with Crippen molar-refractivity contribution in [3.05, 3.63) is 70.8 Å². The van der Waals surface area contributed by atoms with E-state index in [9.17, 15) is 10.5 Å². The second kappa shape index (κ2) is 7.81. The van der Waals surface area contributed by atoms with E-state index in [1.165, 1.54) is 5.01 Å². The van der Waals surface area contributed by atoms with Gasteiger partial charge in [-0.1, -0.05) is 48.5 Å². The molecule has 0 saturated carbocycles. The zero-order valence-corrected chi connectivity index (χ0v) is 14.6. The van der Waals surface area contributed by atoms with E-state index in [1.807, 2.05) is 60.7 Å². The fraction of sp³-hybridized carbons (Fsp3) is 0.150. The first kappa shape index (κ1) is 18.3. The van der Waals surface area contributed by atoms with Crippen molar-refractivity contribution in [1.82, 2.24) is 5.01 Å². The van der Waals surface area contributed by atoms with E-state index in [1.54, 1.807) is 0 Å². The lowest BCUT2D eigenvalue weighted by molar-refractivity contribution is 0.419. The third kappa shape index (κ3) is 3.43. The van der Waals surface area contributed by atoms with Crippen molar-refractivity contribution in [1.29, 1.82) is 10.5 Å². The van der Waals surface area contributed by atoms with E-state index in [4.69, 9.17) is 17.3 Å². The van der Waals surface area contributed by atoms with Crippen LogP contribution < -0.4 is 17.3 Å². The first-order chi connectivity index (χ1) is 13.1. The molecule has 0 bridgehead atoms. The fourth-order valence-corrected chi connectivity index (χ4v) is 2.91. The number of hydrogen-bond donors (Lipinski definition) is 3. The number of hydrazine groups is 1. The molecule has 0 fully saturated rings. The minimum atomic E-state index is -0.953. The zero-order chi connectivity index (χ0) is 19.4. The Morgan fingerprint density at radius 1 is 0.889 bits per heavy atom. The number of hydrogen-bond acceptors (Lipinski definition) is 7. The third-order valence-electron chi connectivity index (χ3n) is 4.41. The second-order valence-electron chi connectivity index (χ2n) is 6.05. The van der Waals surface area contributed by atoms with E-state index in [0.29, 0.717) is 24.5 Å². The molecule has 1 atom stereocenters. The molecule has 3 rings (SSSR count). The molecule has 1 aliphatic heterocycles. The van der Waals surface area contributed by atoms with Gasteiger partial charge in [0.15, 0.2) is 11.8 Å². The predicted molar refractivity (Wildman–Crippen MR) is 104 cm³/mol. The van der Waals surface area contributed by atoms with Crippen molar-refractivity contribution in [3.63, 3.8) is 0 Å². The number of nitrogens with zero attached hydrogens (tertiary/aromatic N) is 4. The summed E-state index contributed by atoms with van der Waals surface area (Å²) in [5.74, 6) is 6.26. The molecule has 0 aromatic heterocycles. The van der Waals surface area contributed by atoms with Crippen LogP contribution in [-0.2, 0) is 13.1 Å². The predicted octanol–water partition coefficient (Wildman–Crippen LogP) is 1.48. The Labute approximate surface area is 157 Å². The Balaban J connectivity index is 2.23. The van der Waals surface area contributed by atoms with Crippen molar-refractivity contribution in [2.75, 3.05) is 0 Å². The number of benzene rings is 2. The van der Waals surface area contributed by atoms with Crippen molar-refractivity contribution in [2.24, 2.45) is 22.3 Å². The SMILES string of the molecule is N#CC1=NC(c2ccc(CN)cc2)=C(c2ccc(CN)cc2)N(N)C1C#N. The van der Waals surface area contributed by atoms with Gasteiger partial charge in [0, 0.05) is 24.2 Å². The van der Waals surface area contributed by atoms with Gasteiger partial charge in [-0.15, -0.1) is 0 Å². The summed E-state index contributed by atoms with van der Waals surface area (Å²) >= 11 is 0. The second-order valence-corrected chi connectivity index (χ2v) is 6.05. The molecule has 1 unspecified atom stereocenters. The maximum atomic E-state index is 9.48. The summed E-state index contributed by atoms with van der Waals surface area (Å²) in [5, 5.41) is 20.2. The molecule has 2 aromatic carbocycles. The Morgan fingerprint density at radius 2 is 1.41 bits per heavy atom. The number of nitriles is 2. The Morgan fingerprint density at radius 3 is 1.85 bits per heavy atom. The van der Waals surface area contributed by atoms with Gasteiger partial charge >= 0.3 is 0 Å². The van der Waals surface area contributed by atoms with E-state index < -0.39 is 6.04 Å². The van der Waals surface area contributed by atoms with Crippen LogP contribution in [0.2, 0.25) is 0 Å².